The Balaban J connectivity index is 2.56. The lowest BCUT2D eigenvalue weighted by atomic mass is 10.1. The van der Waals surface area contributed by atoms with Gasteiger partial charge in [0.2, 0.25) is 0 Å². The maximum Gasteiger partial charge on any atom is 0.119 e. The van der Waals surface area contributed by atoms with E-state index in [9.17, 15) is 5.11 Å². The van der Waals surface area contributed by atoms with E-state index in [1.165, 1.54) is 0 Å². The summed E-state index contributed by atoms with van der Waals surface area (Å²) >= 11 is 0. The molecule has 1 aromatic carbocycles. The second-order valence-electron chi connectivity index (χ2n) is 3.92. The van der Waals surface area contributed by atoms with Crippen LogP contribution >= 0.6 is 0 Å². The monoisotopic (exact) mass is 225 g/mol. The molecule has 4 nitrogen and oxygen atoms in total. The van der Waals surface area contributed by atoms with Crippen LogP contribution in [0.4, 0.5) is 0 Å². The molecule has 0 saturated heterocycles. The molecule has 0 aliphatic heterocycles. The van der Waals surface area contributed by atoms with E-state index in [1.54, 1.807) is 12.1 Å². The van der Waals surface area contributed by atoms with Crippen LogP contribution in [0.2, 0.25) is 0 Å². The van der Waals surface area contributed by atoms with Crippen LogP contribution in [0.5, 0.6) is 5.75 Å². The van der Waals surface area contributed by atoms with Gasteiger partial charge in [-0.15, -0.1) is 0 Å². The molecule has 0 radical (unpaired) electrons. The van der Waals surface area contributed by atoms with Gasteiger partial charge in [-0.1, -0.05) is 12.1 Å². The Morgan fingerprint density at radius 3 is 2.38 bits per heavy atom. The zero-order valence-electron chi connectivity index (χ0n) is 9.76. The Morgan fingerprint density at radius 2 is 1.88 bits per heavy atom. The third-order valence-electron chi connectivity index (χ3n) is 2.16. The first kappa shape index (κ1) is 13.0. The van der Waals surface area contributed by atoms with Crippen LogP contribution in [0.3, 0.4) is 0 Å². The number of aliphatic hydroxyl groups excluding tert-OH is 2. The Bertz CT molecular complexity index is 298. The van der Waals surface area contributed by atoms with Gasteiger partial charge in [0, 0.05) is 6.54 Å². The highest BCUT2D eigenvalue weighted by molar-refractivity contribution is 5.28. The molecule has 1 rings (SSSR count). The second-order valence-corrected chi connectivity index (χ2v) is 3.92. The van der Waals surface area contributed by atoms with Crippen molar-refractivity contribution >= 4 is 0 Å². The molecule has 0 saturated carbocycles. The molecule has 90 valence electrons. The van der Waals surface area contributed by atoms with Gasteiger partial charge in [0.15, 0.2) is 0 Å². The van der Waals surface area contributed by atoms with Crippen molar-refractivity contribution in [3.63, 3.8) is 0 Å². The summed E-state index contributed by atoms with van der Waals surface area (Å²) in [5.74, 6) is 0.704. The number of benzene rings is 1. The quantitative estimate of drug-likeness (QED) is 0.746. The lowest BCUT2D eigenvalue weighted by molar-refractivity contribution is 0.138. The highest BCUT2D eigenvalue weighted by Crippen LogP contribution is 2.18. The topological polar surface area (TPSA) is 52.9 Å². The number of rotatable bonds is 6. The molecule has 0 spiro atoms. The van der Waals surface area contributed by atoms with Crippen molar-refractivity contribution in [1.29, 1.82) is 0 Å². The molecular weight excluding hydrogens is 206 g/mol. The summed E-state index contributed by atoms with van der Waals surface area (Å²) in [5.41, 5.74) is 0.866. The van der Waals surface area contributed by atoms with E-state index in [-0.39, 0.29) is 6.61 Å². The molecular formula is C12H19NO3. The highest BCUT2D eigenvalue weighted by Gasteiger charge is 2.08. The standard InChI is InChI=1S/C12H19NO3/c1-13(2)9-12(15)10-3-5-11(6-4-10)16-8-7-14/h3-6,12,14-15H,7-9H2,1-2H3. The average Bonchev–Trinajstić information content (AvgIpc) is 2.26. The first-order chi connectivity index (χ1) is 7.63. The molecule has 4 heteroatoms. The van der Waals surface area contributed by atoms with E-state index in [0.29, 0.717) is 18.9 Å². The Kier molecular flexibility index (Phi) is 5.25. The van der Waals surface area contributed by atoms with E-state index >= 15 is 0 Å². The summed E-state index contributed by atoms with van der Waals surface area (Å²) in [7, 11) is 3.84. The second kappa shape index (κ2) is 6.48. The van der Waals surface area contributed by atoms with Gasteiger partial charge < -0.3 is 19.8 Å². The molecule has 0 heterocycles. The molecule has 0 aliphatic carbocycles. The minimum absolute atomic E-state index is 0.00497. The minimum atomic E-state index is -0.484. The zero-order chi connectivity index (χ0) is 12.0. The van der Waals surface area contributed by atoms with Crippen molar-refractivity contribution in [2.24, 2.45) is 0 Å². The van der Waals surface area contributed by atoms with Gasteiger partial charge in [-0.25, -0.2) is 0 Å². The Morgan fingerprint density at radius 1 is 1.25 bits per heavy atom. The molecule has 1 atom stereocenters. The molecule has 1 unspecified atom stereocenters. The summed E-state index contributed by atoms with van der Waals surface area (Å²) in [6.07, 6.45) is -0.484. The van der Waals surface area contributed by atoms with E-state index in [0.717, 1.165) is 5.56 Å². The summed E-state index contributed by atoms with van der Waals surface area (Å²) in [6.45, 7) is 0.890. The Hall–Kier alpha value is -1.10. The van der Waals surface area contributed by atoms with Gasteiger partial charge in [0.05, 0.1) is 12.7 Å². The number of likely N-dealkylation sites (N-methyl/N-ethyl adjacent to an activating group) is 1. The van der Waals surface area contributed by atoms with Crippen LogP contribution in [-0.2, 0) is 0 Å². The molecule has 0 fully saturated rings. The van der Waals surface area contributed by atoms with Gasteiger partial charge in [0.1, 0.15) is 12.4 Å². The maximum atomic E-state index is 9.84. The Labute approximate surface area is 96.1 Å². The fourth-order valence-corrected chi connectivity index (χ4v) is 1.40. The molecule has 0 amide bonds. The van der Waals surface area contributed by atoms with Crippen molar-refractivity contribution in [2.45, 2.75) is 6.10 Å². The molecule has 1 aromatic rings. The van der Waals surface area contributed by atoms with Crippen molar-refractivity contribution in [3.8, 4) is 5.75 Å². The molecule has 16 heavy (non-hydrogen) atoms. The average molecular weight is 225 g/mol. The SMILES string of the molecule is CN(C)CC(O)c1ccc(OCCO)cc1. The van der Waals surface area contributed by atoms with Crippen molar-refractivity contribution < 1.29 is 14.9 Å². The zero-order valence-corrected chi connectivity index (χ0v) is 9.76. The smallest absolute Gasteiger partial charge is 0.119 e. The fourth-order valence-electron chi connectivity index (χ4n) is 1.40. The van der Waals surface area contributed by atoms with Crippen LogP contribution in [0.25, 0.3) is 0 Å². The fraction of sp³-hybridized carbons (Fsp3) is 0.500. The van der Waals surface area contributed by atoms with Crippen LogP contribution in [-0.4, -0.2) is 49.0 Å². The van der Waals surface area contributed by atoms with Gasteiger partial charge in [-0.05, 0) is 31.8 Å². The summed E-state index contributed by atoms with van der Waals surface area (Å²) in [6, 6.07) is 7.26. The number of hydrogen-bond donors (Lipinski definition) is 2. The van der Waals surface area contributed by atoms with E-state index in [1.807, 2.05) is 31.1 Å². The van der Waals surface area contributed by atoms with Crippen molar-refractivity contribution in [3.05, 3.63) is 29.8 Å². The lowest BCUT2D eigenvalue weighted by Gasteiger charge is -2.16. The summed E-state index contributed by atoms with van der Waals surface area (Å²) in [4.78, 5) is 1.93. The summed E-state index contributed by atoms with van der Waals surface area (Å²) < 4.78 is 5.23. The van der Waals surface area contributed by atoms with Crippen LogP contribution < -0.4 is 4.74 Å². The van der Waals surface area contributed by atoms with E-state index in [4.69, 9.17) is 9.84 Å². The maximum absolute atomic E-state index is 9.84. The van der Waals surface area contributed by atoms with Gasteiger partial charge in [-0.2, -0.15) is 0 Å². The largest absolute Gasteiger partial charge is 0.491 e. The van der Waals surface area contributed by atoms with Gasteiger partial charge >= 0.3 is 0 Å². The predicted molar refractivity (Wildman–Crippen MR) is 62.5 cm³/mol. The minimum Gasteiger partial charge on any atom is -0.491 e. The van der Waals surface area contributed by atoms with E-state index < -0.39 is 6.10 Å². The van der Waals surface area contributed by atoms with Crippen LogP contribution in [0.1, 0.15) is 11.7 Å². The van der Waals surface area contributed by atoms with Crippen LogP contribution in [0, 0.1) is 0 Å². The van der Waals surface area contributed by atoms with Crippen LogP contribution in [0.15, 0.2) is 24.3 Å². The number of nitrogens with zero attached hydrogens (tertiary/aromatic N) is 1. The number of aliphatic hydroxyl groups is 2. The van der Waals surface area contributed by atoms with Gasteiger partial charge in [-0.3, -0.25) is 0 Å². The number of ether oxygens (including phenoxy) is 1. The number of hydrogen-bond acceptors (Lipinski definition) is 4. The molecule has 0 aliphatic rings. The van der Waals surface area contributed by atoms with Crippen molar-refractivity contribution in [2.75, 3.05) is 33.9 Å². The first-order valence-electron chi connectivity index (χ1n) is 5.30. The third-order valence-corrected chi connectivity index (χ3v) is 2.16. The normalized spacial score (nSPS) is 12.8. The van der Waals surface area contributed by atoms with E-state index in [2.05, 4.69) is 0 Å². The highest BCUT2D eigenvalue weighted by atomic mass is 16.5. The first-order valence-corrected chi connectivity index (χ1v) is 5.30. The summed E-state index contributed by atoms with van der Waals surface area (Å²) in [5, 5.41) is 18.4. The predicted octanol–water partition coefficient (Wildman–Crippen LogP) is 0.653. The third kappa shape index (κ3) is 4.18. The molecule has 0 bridgehead atoms. The van der Waals surface area contributed by atoms with Gasteiger partial charge in [0.25, 0.3) is 0 Å². The molecule has 0 aromatic heterocycles. The molecule has 2 N–H and O–H groups in total. The van der Waals surface area contributed by atoms with Crippen molar-refractivity contribution in [1.82, 2.24) is 4.90 Å². The lowest BCUT2D eigenvalue weighted by Crippen LogP contribution is -2.19.